The van der Waals surface area contributed by atoms with Crippen LogP contribution in [0.3, 0.4) is 0 Å². The summed E-state index contributed by atoms with van der Waals surface area (Å²) in [6, 6.07) is 8.12. The van der Waals surface area contributed by atoms with Gasteiger partial charge in [0.05, 0.1) is 0 Å². The monoisotopic (exact) mass is 278 g/mol. The summed E-state index contributed by atoms with van der Waals surface area (Å²) in [7, 11) is 0. The third-order valence-electron chi connectivity index (χ3n) is 3.38. The molecule has 0 aliphatic heterocycles. The minimum Gasteiger partial charge on any atom is -0.384 e. The number of benzene rings is 2. The lowest BCUT2D eigenvalue weighted by Crippen LogP contribution is -2.05. The van der Waals surface area contributed by atoms with E-state index in [0.717, 1.165) is 22.3 Å². The standard InChI is InChI=1S/C16H16ClFO/c1-9-4-5-12(18)8-14(9)16(19)13-6-11(3)15(17)7-10(13)2/h4-8,16,19H,1-3H3. The van der Waals surface area contributed by atoms with Crippen molar-refractivity contribution in [2.45, 2.75) is 26.9 Å². The lowest BCUT2D eigenvalue weighted by molar-refractivity contribution is 0.218. The van der Waals surface area contributed by atoms with Crippen LogP contribution in [-0.4, -0.2) is 5.11 Å². The first kappa shape index (κ1) is 14.0. The first-order valence-electron chi connectivity index (χ1n) is 6.11. The van der Waals surface area contributed by atoms with Gasteiger partial charge in [-0.1, -0.05) is 23.7 Å². The zero-order chi connectivity index (χ0) is 14.2. The molecule has 3 heteroatoms. The Kier molecular flexibility index (Phi) is 3.93. The van der Waals surface area contributed by atoms with E-state index in [1.165, 1.54) is 12.1 Å². The Hall–Kier alpha value is -1.38. The molecular formula is C16H16ClFO. The molecule has 2 rings (SSSR count). The summed E-state index contributed by atoms with van der Waals surface area (Å²) in [6.45, 7) is 5.63. The highest BCUT2D eigenvalue weighted by molar-refractivity contribution is 6.31. The van der Waals surface area contributed by atoms with Crippen molar-refractivity contribution in [2.24, 2.45) is 0 Å². The lowest BCUT2D eigenvalue weighted by Gasteiger charge is -2.18. The minimum atomic E-state index is -0.841. The van der Waals surface area contributed by atoms with Crippen molar-refractivity contribution >= 4 is 11.6 Å². The predicted octanol–water partition coefficient (Wildman–Crippen LogP) is 4.49. The number of halogens is 2. The van der Waals surface area contributed by atoms with E-state index in [2.05, 4.69) is 0 Å². The quantitative estimate of drug-likeness (QED) is 0.858. The number of rotatable bonds is 2. The van der Waals surface area contributed by atoms with E-state index >= 15 is 0 Å². The van der Waals surface area contributed by atoms with Crippen LogP contribution < -0.4 is 0 Å². The second kappa shape index (κ2) is 5.32. The Balaban J connectivity index is 2.52. The van der Waals surface area contributed by atoms with Crippen LogP contribution in [0.25, 0.3) is 0 Å². The van der Waals surface area contributed by atoms with Gasteiger partial charge in [-0.25, -0.2) is 4.39 Å². The fourth-order valence-electron chi connectivity index (χ4n) is 2.17. The van der Waals surface area contributed by atoms with E-state index in [1.54, 1.807) is 6.07 Å². The van der Waals surface area contributed by atoms with Crippen molar-refractivity contribution in [2.75, 3.05) is 0 Å². The fraction of sp³-hybridized carbons (Fsp3) is 0.250. The Morgan fingerprint density at radius 3 is 2.26 bits per heavy atom. The second-order valence-electron chi connectivity index (χ2n) is 4.86. The molecule has 0 aromatic heterocycles. The highest BCUT2D eigenvalue weighted by Gasteiger charge is 2.17. The van der Waals surface area contributed by atoms with Crippen LogP contribution in [-0.2, 0) is 0 Å². The molecule has 0 amide bonds. The van der Waals surface area contributed by atoms with Crippen LogP contribution in [0.4, 0.5) is 4.39 Å². The molecular weight excluding hydrogens is 263 g/mol. The smallest absolute Gasteiger partial charge is 0.123 e. The van der Waals surface area contributed by atoms with Gasteiger partial charge in [-0.05, 0) is 66.8 Å². The van der Waals surface area contributed by atoms with Crippen molar-refractivity contribution in [1.29, 1.82) is 0 Å². The fourth-order valence-corrected chi connectivity index (χ4v) is 2.39. The van der Waals surface area contributed by atoms with Gasteiger partial charge in [0, 0.05) is 5.02 Å². The van der Waals surface area contributed by atoms with Crippen LogP contribution in [0, 0.1) is 26.6 Å². The zero-order valence-electron chi connectivity index (χ0n) is 11.2. The van der Waals surface area contributed by atoms with E-state index in [-0.39, 0.29) is 5.82 Å². The first-order valence-corrected chi connectivity index (χ1v) is 6.48. The van der Waals surface area contributed by atoms with Crippen molar-refractivity contribution < 1.29 is 9.50 Å². The molecule has 19 heavy (non-hydrogen) atoms. The maximum absolute atomic E-state index is 13.3. The third kappa shape index (κ3) is 2.80. The molecule has 1 N–H and O–H groups in total. The Labute approximate surface area is 117 Å². The summed E-state index contributed by atoms with van der Waals surface area (Å²) < 4.78 is 13.3. The number of hydrogen-bond donors (Lipinski definition) is 1. The molecule has 0 saturated heterocycles. The molecule has 0 spiro atoms. The second-order valence-corrected chi connectivity index (χ2v) is 5.27. The first-order chi connectivity index (χ1) is 8.90. The van der Waals surface area contributed by atoms with Crippen molar-refractivity contribution in [3.05, 3.63) is 69.0 Å². The van der Waals surface area contributed by atoms with E-state index in [0.29, 0.717) is 10.6 Å². The largest absolute Gasteiger partial charge is 0.384 e. The van der Waals surface area contributed by atoms with E-state index in [4.69, 9.17) is 11.6 Å². The maximum atomic E-state index is 13.3. The summed E-state index contributed by atoms with van der Waals surface area (Å²) in [5.74, 6) is -0.344. The van der Waals surface area contributed by atoms with Crippen molar-refractivity contribution in [3.63, 3.8) is 0 Å². The SMILES string of the molecule is Cc1cc(C(O)c2cc(F)ccc2C)c(C)cc1Cl. The van der Waals surface area contributed by atoms with Crippen molar-refractivity contribution in [3.8, 4) is 0 Å². The van der Waals surface area contributed by atoms with Gasteiger partial charge in [0.2, 0.25) is 0 Å². The van der Waals surface area contributed by atoms with E-state index in [9.17, 15) is 9.50 Å². The molecule has 1 nitrogen and oxygen atoms in total. The van der Waals surface area contributed by atoms with Gasteiger partial charge < -0.3 is 5.11 Å². The average Bonchev–Trinajstić information content (AvgIpc) is 2.36. The van der Waals surface area contributed by atoms with Gasteiger partial charge in [-0.2, -0.15) is 0 Å². The van der Waals surface area contributed by atoms with Crippen LogP contribution in [0.15, 0.2) is 30.3 Å². The van der Waals surface area contributed by atoms with Gasteiger partial charge in [0.1, 0.15) is 11.9 Å². The molecule has 2 aromatic carbocycles. The molecule has 0 fully saturated rings. The van der Waals surface area contributed by atoms with Gasteiger partial charge in [-0.15, -0.1) is 0 Å². The topological polar surface area (TPSA) is 20.2 Å². The molecule has 2 aromatic rings. The summed E-state index contributed by atoms with van der Waals surface area (Å²) in [5, 5.41) is 11.2. The summed E-state index contributed by atoms with van der Waals surface area (Å²) in [6.07, 6.45) is -0.841. The van der Waals surface area contributed by atoms with Gasteiger partial charge in [-0.3, -0.25) is 0 Å². The van der Waals surface area contributed by atoms with Crippen LogP contribution in [0.1, 0.15) is 33.9 Å². The van der Waals surface area contributed by atoms with Gasteiger partial charge in [0.25, 0.3) is 0 Å². The molecule has 0 heterocycles. The normalized spacial score (nSPS) is 12.5. The molecule has 0 aliphatic carbocycles. The average molecular weight is 279 g/mol. The molecule has 0 radical (unpaired) electrons. The minimum absolute atomic E-state index is 0.344. The molecule has 100 valence electrons. The zero-order valence-corrected chi connectivity index (χ0v) is 11.9. The molecule has 0 saturated carbocycles. The lowest BCUT2D eigenvalue weighted by atomic mass is 9.93. The van der Waals surface area contributed by atoms with Gasteiger partial charge >= 0.3 is 0 Å². The third-order valence-corrected chi connectivity index (χ3v) is 3.78. The molecule has 0 aliphatic rings. The Morgan fingerprint density at radius 2 is 1.58 bits per heavy atom. The Bertz CT molecular complexity index is 622. The van der Waals surface area contributed by atoms with Crippen LogP contribution >= 0.6 is 11.6 Å². The van der Waals surface area contributed by atoms with Crippen molar-refractivity contribution in [1.82, 2.24) is 0 Å². The Morgan fingerprint density at radius 1 is 0.947 bits per heavy atom. The summed E-state index contributed by atoms with van der Waals surface area (Å²) in [5.41, 5.74) is 4.00. The predicted molar refractivity (Wildman–Crippen MR) is 76.1 cm³/mol. The van der Waals surface area contributed by atoms with Crippen LogP contribution in [0.2, 0.25) is 5.02 Å². The van der Waals surface area contributed by atoms with E-state index < -0.39 is 6.10 Å². The summed E-state index contributed by atoms with van der Waals surface area (Å²) in [4.78, 5) is 0. The highest BCUT2D eigenvalue weighted by Crippen LogP contribution is 2.30. The molecule has 0 bridgehead atoms. The number of hydrogen-bond acceptors (Lipinski definition) is 1. The molecule has 1 unspecified atom stereocenters. The number of aliphatic hydroxyl groups excluding tert-OH is 1. The number of aryl methyl sites for hydroxylation is 3. The number of aliphatic hydroxyl groups is 1. The van der Waals surface area contributed by atoms with E-state index in [1.807, 2.05) is 32.9 Å². The highest BCUT2D eigenvalue weighted by atomic mass is 35.5. The summed E-state index contributed by atoms with van der Waals surface area (Å²) >= 11 is 6.05. The van der Waals surface area contributed by atoms with Crippen LogP contribution in [0.5, 0.6) is 0 Å². The maximum Gasteiger partial charge on any atom is 0.123 e. The van der Waals surface area contributed by atoms with Gasteiger partial charge in [0.15, 0.2) is 0 Å². The molecule has 1 atom stereocenters.